The molecule has 1 unspecified atom stereocenters. The van der Waals surface area contributed by atoms with Crippen molar-refractivity contribution in [3.8, 4) is 0 Å². The molecule has 0 saturated heterocycles. The van der Waals surface area contributed by atoms with Crippen LogP contribution in [0.25, 0.3) is 0 Å². The second-order valence-electron chi connectivity index (χ2n) is 4.19. The summed E-state index contributed by atoms with van der Waals surface area (Å²) in [7, 11) is 0. The van der Waals surface area contributed by atoms with Gasteiger partial charge < -0.3 is 21.8 Å². The Bertz CT molecular complexity index is 424. The van der Waals surface area contributed by atoms with E-state index in [2.05, 4.69) is 26.0 Å². The number of hydrogen-bond acceptors (Lipinski definition) is 7. The van der Waals surface area contributed by atoms with Crippen molar-refractivity contribution in [1.29, 1.82) is 0 Å². The average molecular weight is 267 g/mol. The van der Waals surface area contributed by atoms with Gasteiger partial charge in [-0.25, -0.2) is 5.84 Å². The normalized spacial score (nSPS) is 11.7. The Hall–Kier alpha value is -2.09. The lowest BCUT2D eigenvalue weighted by atomic mass is 10.2. The van der Waals surface area contributed by atoms with Gasteiger partial charge in [-0.3, -0.25) is 4.79 Å². The van der Waals surface area contributed by atoms with E-state index in [1.54, 1.807) is 6.07 Å². The molecular formula is C11H21N7O. The number of nitrogens with one attached hydrogen (secondary N) is 3. The molecule has 1 aromatic rings. The standard InChI is InChI=1S/C11H21N7O/c1-3-7(2)15-10(19)4-5-14-8-6-9(18-13)17-11(12)16-8/h6-7H,3-5,13H2,1-2H3,(H,15,19)(H4,12,14,16,17,18). The lowest BCUT2D eigenvalue weighted by molar-refractivity contribution is -0.121. The molecule has 1 atom stereocenters. The van der Waals surface area contributed by atoms with Crippen molar-refractivity contribution >= 4 is 23.5 Å². The van der Waals surface area contributed by atoms with E-state index in [0.29, 0.717) is 24.6 Å². The number of carbonyl (C=O) groups is 1. The summed E-state index contributed by atoms with van der Waals surface area (Å²) in [6, 6.07) is 1.80. The van der Waals surface area contributed by atoms with Crippen LogP contribution in [-0.2, 0) is 4.79 Å². The van der Waals surface area contributed by atoms with E-state index >= 15 is 0 Å². The van der Waals surface area contributed by atoms with Crippen LogP contribution in [0.5, 0.6) is 0 Å². The summed E-state index contributed by atoms with van der Waals surface area (Å²) < 4.78 is 0. The molecule has 8 nitrogen and oxygen atoms in total. The molecule has 8 heteroatoms. The van der Waals surface area contributed by atoms with Crippen molar-refractivity contribution in [2.24, 2.45) is 5.84 Å². The van der Waals surface area contributed by atoms with Gasteiger partial charge in [0.2, 0.25) is 11.9 Å². The van der Waals surface area contributed by atoms with Crippen molar-refractivity contribution in [3.05, 3.63) is 6.07 Å². The van der Waals surface area contributed by atoms with E-state index in [1.807, 2.05) is 13.8 Å². The van der Waals surface area contributed by atoms with Gasteiger partial charge in [0, 0.05) is 25.1 Å². The van der Waals surface area contributed by atoms with Crippen LogP contribution < -0.4 is 27.6 Å². The molecule has 0 fully saturated rings. The van der Waals surface area contributed by atoms with Gasteiger partial charge in [-0.15, -0.1) is 0 Å². The maximum Gasteiger partial charge on any atom is 0.223 e. The molecular weight excluding hydrogens is 246 g/mol. The van der Waals surface area contributed by atoms with Gasteiger partial charge >= 0.3 is 0 Å². The van der Waals surface area contributed by atoms with Crippen LogP contribution in [0.1, 0.15) is 26.7 Å². The summed E-state index contributed by atoms with van der Waals surface area (Å²) in [5.41, 5.74) is 7.90. The van der Waals surface area contributed by atoms with Crippen LogP contribution in [0.15, 0.2) is 6.07 Å². The molecule has 7 N–H and O–H groups in total. The van der Waals surface area contributed by atoms with Crippen LogP contribution in [0, 0.1) is 0 Å². The average Bonchev–Trinajstić information content (AvgIpc) is 2.37. The third-order valence-electron chi connectivity index (χ3n) is 2.57. The predicted molar refractivity (Wildman–Crippen MR) is 75.3 cm³/mol. The maximum absolute atomic E-state index is 11.6. The molecule has 1 amide bonds. The molecule has 0 aromatic carbocycles. The van der Waals surface area contributed by atoms with Gasteiger partial charge in [0.25, 0.3) is 0 Å². The maximum atomic E-state index is 11.6. The number of nitrogens with zero attached hydrogens (tertiary/aromatic N) is 2. The zero-order chi connectivity index (χ0) is 14.3. The lowest BCUT2D eigenvalue weighted by Crippen LogP contribution is -2.33. The molecule has 19 heavy (non-hydrogen) atoms. The first-order valence-corrected chi connectivity index (χ1v) is 6.19. The van der Waals surface area contributed by atoms with Crippen molar-refractivity contribution < 1.29 is 4.79 Å². The zero-order valence-corrected chi connectivity index (χ0v) is 11.2. The van der Waals surface area contributed by atoms with E-state index in [9.17, 15) is 4.79 Å². The number of anilines is 3. The molecule has 0 aliphatic rings. The largest absolute Gasteiger partial charge is 0.369 e. The van der Waals surface area contributed by atoms with Crippen molar-refractivity contribution in [3.63, 3.8) is 0 Å². The molecule has 0 saturated carbocycles. The quantitative estimate of drug-likeness (QED) is 0.349. The molecule has 106 valence electrons. The Morgan fingerprint density at radius 3 is 2.74 bits per heavy atom. The van der Waals surface area contributed by atoms with Gasteiger partial charge in [-0.05, 0) is 13.3 Å². The first-order valence-electron chi connectivity index (χ1n) is 6.19. The first kappa shape index (κ1) is 15.0. The van der Waals surface area contributed by atoms with Crippen molar-refractivity contribution in [1.82, 2.24) is 15.3 Å². The second kappa shape index (κ2) is 7.37. The van der Waals surface area contributed by atoms with Gasteiger partial charge in [0.05, 0.1) is 0 Å². The highest BCUT2D eigenvalue weighted by atomic mass is 16.1. The fourth-order valence-corrected chi connectivity index (χ4v) is 1.38. The second-order valence-corrected chi connectivity index (χ2v) is 4.19. The van der Waals surface area contributed by atoms with E-state index in [1.165, 1.54) is 0 Å². The highest BCUT2D eigenvalue weighted by Gasteiger charge is 2.06. The zero-order valence-electron chi connectivity index (χ0n) is 11.2. The fraction of sp³-hybridized carbons (Fsp3) is 0.545. The molecule has 0 aliphatic carbocycles. The van der Waals surface area contributed by atoms with Crippen LogP contribution >= 0.6 is 0 Å². The summed E-state index contributed by atoms with van der Waals surface area (Å²) in [6.07, 6.45) is 1.27. The predicted octanol–water partition coefficient (Wildman–Crippen LogP) is 0.0611. The van der Waals surface area contributed by atoms with E-state index in [0.717, 1.165) is 6.42 Å². The summed E-state index contributed by atoms with van der Waals surface area (Å²) in [4.78, 5) is 19.4. The van der Waals surface area contributed by atoms with E-state index < -0.39 is 0 Å². The fourth-order valence-electron chi connectivity index (χ4n) is 1.38. The number of nitrogen functional groups attached to an aromatic ring is 2. The number of amides is 1. The topological polar surface area (TPSA) is 131 Å². The molecule has 0 radical (unpaired) electrons. The van der Waals surface area contributed by atoms with Crippen molar-refractivity contribution in [2.75, 3.05) is 23.0 Å². The van der Waals surface area contributed by atoms with Crippen LogP contribution in [-0.4, -0.2) is 28.5 Å². The number of hydrazine groups is 1. The number of aromatic nitrogens is 2. The molecule has 1 rings (SSSR count). The van der Waals surface area contributed by atoms with Crippen molar-refractivity contribution in [2.45, 2.75) is 32.7 Å². The smallest absolute Gasteiger partial charge is 0.223 e. The summed E-state index contributed by atoms with van der Waals surface area (Å²) in [5, 5.41) is 5.88. The number of nitrogens with two attached hydrogens (primary N) is 2. The van der Waals surface area contributed by atoms with Crippen LogP contribution in [0.2, 0.25) is 0 Å². The Morgan fingerprint density at radius 1 is 1.42 bits per heavy atom. The summed E-state index contributed by atoms with van der Waals surface area (Å²) in [5.74, 6) is 6.30. The highest BCUT2D eigenvalue weighted by Crippen LogP contribution is 2.10. The Kier molecular flexibility index (Phi) is 5.80. The van der Waals surface area contributed by atoms with E-state index in [4.69, 9.17) is 11.6 Å². The Balaban J connectivity index is 2.40. The number of hydrogen-bond donors (Lipinski definition) is 5. The minimum Gasteiger partial charge on any atom is -0.369 e. The third kappa shape index (κ3) is 5.38. The van der Waals surface area contributed by atoms with Gasteiger partial charge in [0.1, 0.15) is 11.6 Å². The van der Waals surface area contributed by atoms with Gasteiger partial charge in [-0.1, -0.05) is 6.92 Å². The Labute approximate surface area is 112 Å². The Morgan fingerprint density at radius 2 is 2.11 bits per heavy atom. The summed E-state index contributed by atoms with van der Waals surface area (Å²) in [6.45, 7) is 4.45. The molecule has 0 aliphatic heterocycles. The first-order chi connectivity index (χ1) is 9.05. The molecule has 1 heterocycles. The molecule has 0 bridgehead atoms. The van der Waals surface area contributed by atoms with Gasteiger partial charge in [0.15, 0.2) is 0 Å². The van der Waals surface area contributed by atoms with Crippen LogP contribution in [0.3, 0.4) is 0 Å². The summed E-state index contributed by atoms with van der Waals surface area (Å²) >= 11 is 0. The van der Waals surface area contributed by atoms with Gasteiger partial charge in [-0.2, -0.15) is 9.97 Å². The van der Waals surface area contributed by atoms with E-state index in [-0.39, 0.29) is 17.9 Å². The highest BCUT2D eigenvalue weighted by molar-refractivity contribution is 5.76. The minimum atomic E-state index is 0.000974. The minimum absolute atomic E-state index is 0.000974. The molecule has 0 spiro atoms. The number of carbonyl (C=O) groups excluding carboxylic acids is 1. The number of rotatable bonds is 7. The lowest BCUT2D eigenvalue weighted by Gasteiger charge is -2.12. The SMILES string of the molecule is CCC(C)NC(=O)CCNc1cc(NN)nc(N)n1. The molecule has 1 aromatic heterocycles. The third-order valence-corrected chi connectivity index (χ3v) is 2.57. The monoisotopic (exact) mass is 267 g/mol. The van der Waals surface area contributed by atoms with Crippen LogP contribution in [0.4, 0.5) is 17.6 Å².